The van der Waals surface area contributed by atoms with Gasteiger partial charge in [-0.25, -0.2) is 8.42 Å². The van der Waals surface area contributed by atoms with Crippen molar-refractivity contribution in [2.75, 3.05) is 0 Å². The van der Waals surface area contributed by atoms with Crippen LogP contribution < -0.4 is 26.6 Å². The molecule has 0 saturated heterocycles. The molecule has 0 atom stereocenters. The molecule has 0 bridgehead atoms. The third kappa shape index (κ3) is 7.25. The highest BCUT2D eigenvalue weighted by Crippen LogP contribution is 2.08. The first kappa shape index (κ1) is 21.9. The molecular weight excluding hydrogens is 491 g/mol. The predicted octanol–water partition coefficient (Wildman–Crippen LogP) is 0.852. The molecule has 3 rings (SSSR count). The fraction of sp³-hybridized carbons (Fsp3) is 0.200. The van der Waals surface area contributed by atoms with Crippen LogP contribution in [0.3, 0.4) is 0 Å². The second kappa shape index (κ2) is 9.18. The van der Waals surface area contributed by atoms with Gasteiger partial charge in [-0.05, 0) is 37.3 Å². The predicted molar refractivity (Wildman–Crippen MR) is 105 cm³/mol. The van der Waals surface area contributed by atoms with E-state index in [1.54, 1.807) is 12.1 Å². The molecule has 0 aliphatic rings. The monoisotopic (exact) mass is 514 g/mol. The average Bonchev–Trinajstić information content (AvgIpc) is 3.05. The van der Waals surface area contributed by atoms with Crippen molar-refractivity contribution in [2.45, 2.75) is 31.5 Å². The molecule has 0 spiro atoms. The zero-order valence-electron chi connectivity index (χ0n) is 15.8. The lowest BCUT2D eigenvalue weighted by molar-refractivity contribution is -0.617. The number of furan rings is 1. The van der Waals surface area contributed by atoms with Gasteiger partial charge in [0.1, 0.15) is 18.2 Å². The number of halogens is 1. The molecular formula is C20H23IO4SSi. The number of hydrogen-bond donors (Lipinski definition) is 0. The highest BCUT2D eigenvalue weighted by atomic mass is 127. The maximum absolute atomic E-state index is 10.4. The van der Waals surface area contributed by atoms with Crippen LogP contribution in [-0.4, -0.2) is 21.0 Å². The van der Waals surface area contributed by atoms with E-state index < -0.39 is 18.2 Å². The number of hydrogen-bond acceptors (Lipinski definition) is 4. The Morgan fingerprint density at radius 3 is 1.96 bits per heavy atom. The van der Waals surface area contributed by atoms with Gasteiger partial charge in [0, 0.05) is 6.07 Å². The molecule has 0 unspecified atom stereocenters. The van der Waals surface area contributed by atoms with E-state index in [0.29, 0.717) is 0 Å². The van der Waals surface area contributed by atoms with Crippen molar-refractivity contribution in [2.24, 2.45) is 0 Å². The molecule has 0 aliphatic heterocycles. The lowest BCUT2D eigenvalue weighted by Crippen LogP contribution is -3.61. The molecule has 0 radical (unpaired) electrons. The Morgan fingerprint density at radius 1 is 0.889 bits per heavy atom. The van der Waals surface area contributed by atoms with E-state index >= 15 is 0 Å². The van der Waals surface area contributed by atoms with E-state index in [2.05, 4.69) is 62.1 Å². The van der Waals surface area contributed by atoms with Gasteiger partial charge < -0.3 is 8.97 Å². The molecule has 1 heterocycles. The highest BCUT2D eigenvalue weighted by molar-refractivity contribution is 7.85. The Kier molecular flexibility index (Phi) is 7.44. The van der Waals surface area contributed by atoms with Gasteiger partial charge in [0.05, 0.1) is 10.3 Å². The molecule has 2 aromatic carbocycles. The molecule has 3 aromatic rings. The van der Waals surface area contributed by atoms with Gasteiger partial charge in [0.25, 0.3) is 0 Å². The standard InChI is InChI=1S/C13H16IOSi.C7H8O3S/c1-16(2,3)13-10-9-12(15-13)14-11-7-5-4-6-8-11;1-6-2-4-7(5-3-6)11(8,9)10/h4-10H,1-3H3;2-5H,1H3,(H,8,9,10)/q+1;/p-1. The van der Waals surface area contributed by atoms with E-state index in [0.717, 1.165) is 5.56 Å². The van der Waals surface area contributed by atoms with Gasteiger partial charge in [0.15, 0.2) is 3.57 Å². The van der Waals surface area contributed by atoms with Gasteiger partial charge in [0.2, 0.25) is 0 Å². The van der Waals surface area contributed by atoms with Gasteiger partial charge in [-0.2, -0.15) is 0 Å². The third-order valence-corrected chi connectivity index (χ3v) is 8.61. The summed E-state index contributed by atoms with van der Waals surface area (Å²) in [4.78, 5) is -0.178. The summed E-state index contributed by atoms with van der Waals surface area (Å²) in [5.74, 6) is 0. The van der Waals surface area contributed by atoms with Gasteiger partial charge in [-0.1, -0.05) is 55.5 Å². The van der Waals surface area contributed by atoms with Crippen LogP contribution in [0, 0.1) is 14.3 Å². The molecule has 0 fully saturated rings. The van der Waals surface area contributed by atoms with Crippen LogP contribution in [-0.2, 0) is 10.1 Å². The SMILES string of the molecule is C[Si](C)(C)c1ccc([I+]c2ccccc2)o1.Cc1ccc(S(=O)(=O)[O-])cc1. The summed E-state index contributed by atoms with van der Waals surface area (Å²) in [6.45, 7) is 8.77. The van der Waals surface area contributed by atoms with Crippen LogP contribution >= 0.6 is 0 Å². The number of rotatable bonds is 4. The van der Waals surface area contributed by atoms with E-state index in [9.17, 15) is 13.0 Å². The number of aryl methyl sites for hydroxylation is 1. The molecule has 27 heavy (non-hydrogen) atoms. The summed E-state index contributed by atoms with van der Waals surface area (Å²) in [6, 6.07) is 20.7. The fourth-order valence-corrected chi connectivity index (χ4v) is 5.83. The molecule has 0 saturated carbocycles. The maximum Gasteiger partial charge on any atom is 0.400 e. The van der Waals surface area contributed by atoms with E-state index in [1.807, 2.05) is 6.92 Å². The second-order valence-corrected chi connectivity index (χ2v) is 16.2. The minimum atomic E-state index is -4.27. The molecule has 1 aromatic heterocycles. The van der Waals surface area contributed by atoms with Crippen LogP contribution in [0.2, 0.25) is 19.6 Å². The van der Waals surface area contributed by atoms with Crippen molar-refractivity contribution in [1.29, 1.82) is 0 Å². The van der Waals surface area contributed by atoms with Crippen molar-refractivity contribution in [1.82, 2.24) is 0 Å². The second-order valence-electron chi connectivity index (χ2n) is 7.01. The van der Waals surface area contributed by atoms with Crippen LogP contribution in [0.4, 0.5) is 0 Å². The summed E-state index contributed by atoms with van der Waals surface area (Å²) < 4.78 is 39.7. The van der Waals surface area contributed by atoms with Crippen molar-refractivity contribution in [3.63, 3.8) is 0 Å². The fourth-order valence-electron chi connectivity index (χ4n) is 2.06. The van der Waals surface area contributed by atoms with Crippen LogP contribution in [0.15, 0.2) is 76.0 Å². The van der Waals surface area contributed by atoms with E-state index in [-0.39, 0.29) is 26.1 Å². The molecule has 144 valence electrons. The van der Waals surface area contributed by atoms with Crippen LogP contribution in [0.1, 0.15) is 5.56 Å². The zero-order chi connectivity index (χ0) is 20.1. The minimum absolute atomic E-state index is 0.143. The number of benzene rings is 2. The third-order valence-electron chi connectivity index (χ3n) is 3.56. The average molecular weight is 514 g/mol. The minimum Gasteiger partial charge on any atom is -0.744 e. The van der Waals surface area contributed by atoms with Crippen LogP contribution in [0.25, 0.3) is 0 Å². The summed E-state index contributed by atoms with van der Waals surface area (Å²) in [6.07, 6.45) is 0. The van der Waals surface area contributed by atoms with E-state index in [4.69, 9.17) is 4.42 Å². The molecule has 0 aliphatic carbocycles. The molecule has 0 N–H and O–H groups in total. The first-order chi connectivity index (χ1) is 12.6. The Hall–Kier alpha value is -1.42. The molecule has 4 nitrogen and oxygen atoms in total. The Labute approximate surface area is 172 Å². The Bertz CT molecular complexity index is 959. The summed E-state index contributed by atoms with van der Waals surface area (Å²) in [5.41, 5.74) is 0.928. The normalized spacial score (nSPS) is 11.6. The van der Waals surface area contributed by atoms with Gasteiger partial charge in [-0.15, -0.1) is 0 Å². The lowest BCUT2D eigenvalue weighted by atomic mass is 10.2. The van der Waals surface area contributed by atoms with Crippen molar-refractivity contribution >= 4 is 23.6 Å². The summed E-state index contributed by atoms with van der Waals surface area (Å²) in [5, 5.41) is 1.22. The lowest BCUT2D eigenvalue weighted by Gasteiger charge is -2.09. The molecule has 0 amide bonds. The van der Waals surface area contributed by atoms with Crippen molar-refractivity contribution in [3.8, 4) is 0 Å². The largest absolute Gasteiger partial charge is 0.744 e. The quantitative estimate of drug-likeness (QED) is 0.294. The first-order valence-corrected chi connectivity index (χ1v) is 15.4. The Balaban J connectivity index is 0.000000208. The Morgan fingerprint density at radius 2 is 1.48 bits per heavy atom. The van der Waals surface area contributed by atoms with Crippen LogP contribution in [0.5, 0.6) is 0 Å². The van der Waals surface area contributed by atoms with Gasteiger partial charge in [-0.3, -0.25) is 0 Å². The van der Waals surface area contributed by atoms with Crippen molar-refractivity contribution in [3.05, 3.63) is 79.6 Å². The van der Waals surface area contributed by atoms with E-state index in [1.165, 1.54) is 24.9 Å². The smallest absolute Gasteiger partial charge is 0.400 e. The topological polar surface area (TPSA) is 70.3 Å². The zero-order valence-corrected chi connectivity index (χ0v) is 19.7. The van der Waals surface area contributed by atoms with Gasteiger partial charge >= 0.3 is 25.0 Å². The summed E-state index contributed by atoms with van der Waals surface area (Å²) >= 11 is -0.143. The first-order valence-electron chi connectivity index (χ1n) is 8.38. The highest BCUT2D eigenvalue weighted by Gasteiger charge is 2.26. The maximum atomic E-state index is 10.4. The van der Waals surface area contributed by atoms with Crippen molar-refractivity contribution < 1.29 is 38.6 Å². The molecule has 7 heteroatoms. The summed E-state index contributed by atoms with van der Waals surface area (Å²) in [7, 11) is -5.55.